The Morgan fingerprint density at radius 1 is 0.842 bits per heavy atom. The van der Waals surface area contributed by atoms with E-state index in [-0.39, 0.29) is 5.96 Å². The van der Waals surface area contributed by atoms with Crippen LogP contribution >= 0.6 is 0 Å². The molecule has 2 amide bonds. The zero-order chi connectivity index (χ0) is 15.3. The third kappa shape index (κ3) is 9.87. The molecule has 0 radical (unpaired) electrons. The molecule has 0 unspecified atom stereocenters. The largest absolute Gasteiger partial charge is 0.444 e. The van der Waals surface area contributed by atoms with E-state index in [0.717, 1.165) is 0 Å². The van der Waals surface area contributed by atoms with Gasteiger partial charge in [-0.2, -0.15) is 0 Å². The molecule has 110 valence electrons. The van der Waals surface area contributed by atoms with E-state index in [1.165, 1.54) is 7.05 Å². The van der Waals surface area contributed by atoms with Crippen LogP contribution in [0.5, 0.6) is 0 Å². The third-order valence-electron chi connectivity index (χ3n) is 1.46. The maximum Gasteiger partial charge on any atom is 0.414 e. The second kappa shape index (κ2) is 6.40. The molecule has 0 aliphatic carbocycles. The van der Waals surface area contributed by atoms with Crippen LogP contribution in [0.1, 0.15) is 41.5 Å². The number of carbonyl (C=O) groups is 2. The highest BCUT2D eigenvalue weighted by atomic mass is 16.6. The Bertz CT molecular complexity index is 332. The first-order chi connectivity index (χ1) is 8.43. The van der Waals surface area contributed by atoms with E-state index >= 15 is 0 Å². The summed E-state index contributed by atoms with van der Waals surface area (Å²) in [5, 5.41) is 4.63. The summed E-state index contributed by atoms with van der Waals surface area (Å²) in [4.78, 5) is 26.7. The minimum atomic E-state index is -0.704. The quantitative estimate of drug-likeness (QED) is 0.522. The average molecular weight is 273 g/mol. The summed E-state index contributed by atoms with van der Waals surface area (Å²) < 4.78 is 10.1. The maximum absolute atomic E-state index is 11.5. The molecule has 0 saturated carbocycles. The Balaban J connectivity index is 4.39. The Morgan fingerprint density at radius 3 is 1.37 bits per heavy atom. The van der Waals surface area contributed by atoms with Gasteiger partial charge in [-0.1, -0.05) is 0 Å². The van der Waals surface area contributed by atoms with E-state index < -0.39 is 23.4 Å². The van der Waals surface area contributed by atoms with Crippen LogP contribution in [-0.2, 0) is 9.47 Å². The number of hydrogen-bond donors (Lipinski definition) is 2. The fourth-order valence-corrected chi connectivity index (χ4v) is 0.944. The second-order valence-corrected chi connectivity index (χ2v) is 5.83. The molecule has 0 atom stereocenters. The van der Waals surface area contributed by atoms with Crippen molar-refractivity contribution < 1.29 is 19.1 Å². The number of alkyl carbamates (subject to hydrolysis) is 2. The number of rotatable bonds is 0. The molecule has 0 heterocycles. The minimum absolute atomic E-state index is 0.0384. The summed E-state index contributed by atoms with van der Waals surface area (Å²) in [6, 6.07) is 0. The first-order valence-electron chi connectivity index (χ1n) is 5.90. The van der Waals surface area contributed by atoms with Crippen molar-refractivity contribution in [3.8, 4) is 0 Å². The van der Waals surface area contributed by atoms with Crippen molar-refractivity contribution in [3.05, 3.63) is 0 Å². The Kier molecular flexibility index (Phi) is 5.80. The minimum Gasteiger partial charge on any atom is -0.444 e. The van der Waals surface area contributed by atoms with Crippen LogP contribution < -0.4 is 10.6 Å². The molecule has 0 aromatic heterocycles. The lowest BCUT2D eigenvalue weighted by atomic mass is 10.2. The summed E-state index contributed by atoms with van der Waals surface area (Å²) in [6.45, 7) is 10.4. The highest BCUT2D eigenvalue weighted by Crippen LogP contribution is 2.07. The van der Waals surface area contributed by atoms with Crippen LogP contribution in [0, 0.1) is 0 Å². The van der Waals surface area contributed by atoms with Crippen LogP contribution in [0.4, 0.5) is 9.59 Å². The van der Waals surface area contributed by atoms with Gasteiger partial charge in [-0.25, -0.2) is 9.59 Å². The number of ether oxygens (including phenoxy) is 2. The first kappa shape index (κ1) is 17.2. The summed E-state index contributed by atoms with van der Waals surface area (Å²) in [7, 11) is 1.42. The van der Waals surface area contributed by atoms with Crippen molar-refractivity contribution in [2.75, 3.05) is 7.05 Å². The standard InChI is InChI=1S/C12H23N3O4/c1-11(2,3)18-9(16)14-8(13-7)15-10(17)19-12(4,5)6/h1-7H3,(H2,13,14,15,16,17). The Morgan fingerprint density at radius 2 is 1.16 bits per heavy atom. The molecule has 0 aromatic rings. The van der Waals surface area contributed by atoms with E-state index in [1.807, 2.05) is 0 Å². The fraction of sp³-hybridized carbons (Fsp3) is 0.750. The van der Waals surface area contributed by atoms with Gasteiger partial charge in [0.2, 0.25) is 5.96 Å². The van der Waals surface area contributed by atoms with Gasteiger partial charge in [-0.3, -0.25) is 15.6 Å². The van der Waals surface area contributed by atoms with Crippen LogP contribution in [-0.4, -0.2) is 36.4 Å². The van der Waals surface area contributed by atoms with E-state index in [4.69, 9.17) is 9.47 Å². The number of guanidine groups is 1. The SMILES string of the molecule is CN=C(NC(=O)OC(C)(C)C)NC(=O)OC(C)(C)C. The summed E-state index contributed by atoms with van der Waals surface area (Å²) in [5.74, 6) is -0.0384. The van der Waals surface area contributed by atoms with Gasteiger partial charge in [0, 0.05) is 7.05 Å². The van der Waals surface area contributed by atoms with Crippen molar-refractivity contribution in [2.45, 2.75) is 52.7 Å². The number of amides is 2. The average Bonchev–Trinajstić information content (AvgIpc) is 2.10. The molecule has 7 heteroatoms. The highest BCUT2D eigenvalue weighted by molar-refractivity contribution is 6.01. The van der Waals surface area contributed by atoms with Crippen molar-refractivity contribution in [3.63, 3.8) is 0 Å². The lowest BCUT2D eigenvalue weighted by Gasteiger charge is -2.21. The van der Waals surface area contributed by atoms with Gasteiger partial charge in [-0.15, -0.1) is 0 Å². The molecule has 0 bridgehead atoms. The van der Waals surface area contributed by atoms with Gasteiger partial charge in [0.15, 0.2) is 0 Å². The predicted molar refractivity (Wildman–Crippen MR) is 72.1 cm³/mol. The van der Waals surface area contributed by atoms with Crippen molar-refractivity contribution in [1.29, 1.82) is 0 Å². The van der Waals surface area contributed by atoms with Crippen molar-refractivity contribution >= 4 is 18.1 Å². The van der Waals surface area contributed by atoms with Gasteiger partial charge in [0.1, 0.15) is 11.2 Å². The molecule has 7 nitrogen and oxygen atoms in total. The van der Waals surface area contributed by atoms with Crippen molar-refractivity contribution in [1.82, 2.24) is 10.6 Å². The van der Waals surface area contributed by atoms with Gasteiger partial charge in [-0.05, 0) is 41.5 Å². The molecule has 0 aromatic carbocycles. The molecule has 0 rings (SSSR count). The van der Waals surface area contributed by atoms with Gasteiger partial charge < -0.3 is 9.47 Å². The summed E-state index contributed by atoms with van der Waals surface area (Å²) in [5.41, 5.74) is -1.26. The van der Waals surface area contributed by atoms with E-state index in [1.54, 1.807) is 41.5 Å². The second-order valence-electron chi connectivity index (χ2n) is 5.83. The topological polar surface area (TPSA) is 89.0 Å². The molecule has 2 N–H and O–H groups in total. The maximum atomic E-state index is 11.5. The number of aliphatic imine (C=N–C) groups is 1. The Labute approximate surface area is 113 Å². The molecule has 0 aliphatic heterocycles. The normalized spacial score (nSPS) is 11.3. The monoisotopic (exact) mass is 273 g/mol. The highest BCUT2D eigenvalue weighted by Gasteiger charge is 2.20. The fourth-order valence-electron chi connectivity index (χ4n) is 0.944. The van der Waals surface area contributed by atoms with Crippen LogP contribution in [0.3, 0.4) is 0 Å². The zero-order valence-electron chi connectivity index (χ0n) is 12.6. The number of nitrogens with one attached hydrogen (secondary N) is 2. The number of nitrogens with zero attached hydrogens (tertiary/aromatic N) is 1. The van der Waals surface area contributed by atoms with Crippen LogP contribution in [0.25, 0.3) is 0 Å². The Hall–Kier alpha value is -1.79. The molecular weight excluding hydrogens is 250 g/mol. The van der Waals surface area contributed by atoms with Gasteiger partial charge in [0.25, 0.3) is 0 Å². The third-order valence-corrected chi connectivity index (χ3v) is 1.46. The number of carbonyl (C=O) groups excluding carboxylic acids is 2. The lowest BCUT2D eigenvalue weighted by Crippen LogP contribution is -2.47. The smallest absolute Gasteiger partial charge is 0.414 e. The first-order valence-corrected chi connectivity index (χ1v) is 5.90. The van der Waals surface area contributed by atoms with Gasteiger partial charge in [0.05, 0.1) is 0 Å². The summed E-state index contributed by atoms with van der Waals surface area (Å²) >= 11 is 0. The van der Waals surface area contributed by atoms with E-state index in [0.29, 0.717) is 0 Å². The van der Waals surface area contributed by atoms with Crippen LogP contribution in [0.15, 0.2) is 4.99 Å². The number of hydrogen-bond acceptors (Lipinski definition) is 5. The molecule has 0 saturated heterocycles. The molecule has 0 aliphatic rings. The van der Waals surface area contributed by atoms with Crippen molar-refractivity contribution in [2.24, 2.45) is 4.99 Å². The zero-order valence-corrected chi connectivity index (χ0v) is 12.6. The lowest BCUT2D eigenvalue weighted by molar-refractivity contribution is 0.0545. The van der Waals surface area contributed by atoms with Gasteiger partial charge >= 0.3 is 12.2 Å². The molecule has 0 fully saturated rings. The summed E-state index contributed by atoms with van der Waals surface area (Å²) in [6.07, 6.45) is -1.41. The molecule has 0 spiro atoms. The predicted octanol–water partition coefficient (Wildman–Crippen LogP) is 2.02. The molecular formula is C12H23N3O4. The van der Waals surface area contributed by atoms with E-state index in [9.17, 15) is 9.59 Å². The van der Waals surface area contributed by atoms with E-state index in [2.05, 4.69) is 15.6 Å². The van der Waals surface area contributed by atoms with Crippen LogP contribution in [0.2, 0.25) is 0 Å². The molecule has 19 heavy (non-hydrogen) atoms.